The number of ether oxygens (including phenoxy) is 1. The normalized spacial score (nSPS) is 16.7. The van der Waals surface area contributed by atoms with E-state index in [9.17, 15) is 4.79 Å². The first-order valence-electron chi connectivity index (χ1n) is 9.70. The van der Waals surface area contributed by atoms with Crippen LogP contribution in [0.25, 0.3) is 0 Å². The third-order valence-electron chi connectivity index (χ3n) is 5.67. The number of hydrogen-bond donors (Lipinski definition) is 0. The third kappa shape index (κ3) is 3.32. The lowest BCUT2D eigenvalue weighted by molar-refractivity contribution is 0.157. The van der Waals surface area contributed by atoms with Crippen molar-refractivity contribution in [2.45, 2.75) is 40.0 Å². The molecule has 0 bridgehead atoms. The van der Waals surface area contributed by atoms with E-state index in [1.807, 2.05) is 32.0 Å². The summed E-state index contributed by atoms with van der Waals surface area (Å²) < 4.78 is 8.36. The minimum atomic E-state index is -1.82. The van der Waals surface area contributed by atoms with Crippen molar-refractivity contribution in [1.29, 1.82) is 0 Å². The van der Waals surface area contributed by atoms with Crippen LogP contribution in [0.3, 0.4) is 0 Å². The van der Waals surface area contributed by atoms with Gasteiger partial charge >= 0.3 is 6.09 Å². The molecule has 0 fully saturated rings. The zero-order valence-corrected chi connectivity index (χ0v) is 19.2. The smallest absolute Gasteiger partial charge is 0.415 e. The second kappa shape index (κ2) is 7.16. The van der Waals surface area contributed by atoms with Gasteiger partial charge in [0.15, 0.2) is 16.5 Å². The molecular weight excluding hydrogens is 368 g/mol. The molecule has 2 aromatic rings. The monoisotopic (exact) mass is 398 g/mol. The maximum absolute atomic E-state index is 12.3. The summed E-state index contributed by atoms with van der Waals surface area (Å²) in [6.07, 6.45) is -0.283. The molecule has 0 unspecified atom stereocenters. The quantitative estimate of drug-likeness (QED) is 0.733. The maximum Gasteiger partial charge on any atom is 0.415 e. The fourth-order valence-corrected chi connectivity index (χ4v) is 17.2. The lowest BCUT2D eigenvalue weighted by atomic mass is 10.3. The van der Waals surface area contributed by atoms with E-state index in [1.54, 1.807) is 4.90 Å². The van der Waals surface area contributed by atoms with Gasteiger partial charge in [-0.3, -0.25) is 0 Å². The number of rotatable bonds is 4. The molecule has 0 radical (unpaired) electrons. The fourth-order valence-electron chi connectivity index (χ4n) is 4.47. The average Bonchev–Trinajstić information content (AvgIpc) is 2.78. The number of fused-ring (bicyclic) bond motifs is 1. The highest BCUT2D eigenvalue weighted by molar-refractivity contribution is 7.18. The molecule has 4 nitrogen and oxygen atoms in total. The molecule has 27 heavy (non-hydrogen) atoms. The number of hydrogen-bond acceptors (Lipinski definition) is 3. The van der Waals surface area contributed by atoms with Crippen LogP contribution in [0.1, 0.15) is 13.8 Å². The van der Waals surface area contributed by atoms with Crippen molar-refractivity contribution in [2.75, 3.05) is 17.3 Å². The molecule has 0 atom stereocenters. The van der Waals surface area contributed by atoms with Crippen LogP contribution in [0, 0.1) is 0 Å². The van der Waals surface area contributed by atoms with Gasteiger partial charge < -0.3 is 13.9 Å². The molecule has 2 aromatic carbocycles. The van der Waals surface area contributed by atoms with Gasteiger partial charge in [-0.25, -0.2) is 4.79 Å². The Kier molecular flexibility index (Phi) is 5.23. The van der Waals surface area contributed by atoms with Gasteiger partial charge in [-0.1, -0.05) is 30.3 Å². The molecule has 0 aromatic heterocycles. The molecule has 1 aliphatic heterocycles. The number of carbonyl (C=O) groups excluding carboxylic acids is 1. The number of nitrogens with zero attached hydrogens (tertiary/aromatic N) is 2. The Bertz CT molecular complexity index is 813. The van der Waals surface area contributed by atoms with Gasteiger partial charge in [0.25, 0.3) is 0 Å². The van der Waals surface area contributed by atoms with Gasteiger partial charge in [0.1, 0.15) is 5.75 Å². The Morgan fingerprint density at radius 2 is 1.48 bits per heavy atom. The molecular formula is C21H30N2O2Si2. The van der Waals surface area contributed by atoms with Crippen LogP contribution in [-0.2, 0) is 0 Å². The van der Waals surface area contributed by atoms with Crippen molar-refractivity contribution in [3.63, 3.8) is 0 Å². The standard InChI is InChI=1S/C21H30N2O2Si2/c1-7-22(8-2)21(24)25-18-13-11-12-17(16-18)23-26(3,4)19-14-9-10-15-20(19)27(23,5)6/h9-16H,7-8H2,1-6H3. The SMILES string of the molecule is CCN(CC)C(=O)Oc1cccc(N2[Si](C)(C)c3ccccc3[Si]2(C)C)c1. The largest absolute Gasteiger partial charge is 0.417 e. The first kappa shape index (κ1) is 19.7. The molecule has 6 heteroatoms. The van der Waals surface area contributed by atoms with Crippen LogP contribution in [0.4, 0.5) is 10.5 Å². The molecule has 144 valence electrons. The van der Waals surface area contributed by atoms with Crippen molar-refractivity contribution in [3.05, 3.63) is 48.5 Å². The predicted octanol–water partition coefficient (Wildman–Crippen LogP) is 3.87. The van der Waals surface area contributed by atoms with Crippen LogP contribution in [-0.4, -0.2) is 40.6 Å². The molecule has 1 amide bonds. The van der Waals surface area contributed by atoms with E-state index in [0.717, 1.165) is 0 Å². The second-order valence-corrected chi connectivity index (χ2v) is 16.7. The summed E-state index contributed by atoms with van der Waals surface area (Å²) in [5.41, 5.74) is 1.17. The van der Waals surface area contributed by atoms with Crippen molar-refractivity contribution < 1.29 is 9.53 Å². The lowest BCUT2D eigenvalue weighted by Gasteiger charge is -2.41. The summed E-state index contributed by atoms with van der Waals surface area (Å²) >= 11 is 0. The summed E-state index contributed by atoms with van der Waals surface area (Å²) in [6.45, 7) is 14.9. The van der Waals surface area contributed by atoms with Gasteiger partial charge in [-0.05, 0) is 62.5 Å². The summed E-state index contributed by atoms with van der Waals surface area (Å²) in [6, 6.07) is 17.0. The van der Waals surface area contributed by atoms with E-state index in [0.29, 0.717) is 18.8 Å². The zero-order valence-electron chi connectivity index (χ0n) is 17.2. The molecule has 3 rings (SSSR count). The van der Waals surface area contributed by atoms with Crippen LogP contribution in [0.15, 0.2) is 48.5 Å². The highest BCUT2D eigenvalue weighted by Crippen LogP contribution is 2.34. The van der Waals surface area contributed by atoms with E-state index in [2.05, 4.69) is 60.8 Å². The van der Waals surface area contributed by atoms with Crippen molar-refractivity contribution in [1.82, 2.24) is 4.90 Å². The number of benzene rings is 2. The third-order valence-corrected chi connectivity index (χ3v) is 15.5. The highest BCUT2D eigenvalue weighted by Gasteiger charge is 2.51. The average molecular weight is 399 g/mol. The summed E-state index contributed by atoms with van der Waals surface area (Å²) in [5, 5.41) is 3.07. The van der Waals surface area contributed by atoms with Gasteiger partial charge in [-0.2, -0.15) is 0 Å². The topological polar surface area (TPSA) is 32.8 Å². The van der Waals surface area contributed by atoms with Gasteiger partial charge in [0.2, 0.25) is 0 Å². The molecule has 1 heterocycles. The molecule has 0 N–H and O–H groups in total. The molecule has 0 saturated heterocycles. The Morgan fingerprint density at radius 3 is 2.00 bits per heavy atom. The number of amides is 1. The summed E-state index contributed by atoms with van der Waals surface area (Å²) in [4.78, 5) is 14.0. The van der Waals surface area contributed by atoms with Crippen molar-refractivity contribution >= 4 is 38.6 Å². The van der Waals surface area contributed by atoms with Gasteiger partial charge in [0.05, 0.1) is 0 Å². The fraction of sp³-hybridized carbons (Fsp3) is 0.381. The first-order chi connectivity index (χ1) is 12.7. The Labute approximate surface area is 164 Å². The molecule has 0 spiro atoms. The molecule has 0 saturated carbocycles. The van der Waals surface area contributed by atoms with Crippen LogP contribution in [0.2, 0.25) is 26.2 Å². The first-order valence-corrected chi connectivity index (χ1v) is 15.6. The van der Waals surface area contributed by atoms with Crippen LogP contribution < -0.4 is 19.3 Å². The second-order valence-electron chi connectivity index (χ2n) is 8.04. The van der Waals surface area contributed by atoms with Crippen LogP contribution in [0.5, 0.6) is 5.75 Å². The minimum Gasteiger partial charge on any atom is -0.417 e. The Balaban J connectivity index is 1.97. The Morgan fingerprint density at radius 1 is 0.926 bits per heavy atom. The minimum absolute atomic E-state index is 0.283. The summed E-state index contributed by atoms with van der Waals surface area (Å²) in [5.74, 6) is 0.620. The van der Waals surface area contributed by atoms with E-state index in [-0.39, 0.29) is 6.09 Å². The van der Waals surface area contributed by atoms with Crippen molar-refractivity contribution in [2.24, 2.45) is 0 Å². The predicted molar refractivity (Wildman–Crippen MR) is 119 cm³/mol. The van der Waals surface area contributed by atoms with E-state index >= 15 is 0 Å². The Hall–Kier alpha value is -2.06. The highest BCUT2D eigenvalue weighted by atomic mass is 28.4. The maximum atomic E-state index is 12.3. The van der Waals surface area contributed by atoms with Crippen LogP contribution >= 0.6 is 0 Å². The van der Waals surface area contributed by atoms with Gasteiger partial charge in [-0.15, -0.1) is 0 Å². The van der Waals surface area contributed by atoms with E-state index in [4.69, 9.17) is 4.74 Å². The number of anilines is 1. The van der Waals surface area contributed by atoms with E-state index in [1.165, 1.54) is 16.1 Å². The number of carbonyl (C=O) groups is 1. The molecule has 1 aliphatic rings. The molecule has 0 aliphatic carbocycles. The lowest BCUT2D eigenvalue weighted by Crippen LogP contribution is -2.60. The van der Waals surface area contributed by atoms with E-state index < -0.39 is 16.5 Å². The summed E-state index contributed by atoms with van der Waals surface area (Å²) in [7, 11) is -3.64. The zero-order chi connectivity index (χ0) is 19.8. The van der Waals surface area contributed by atoms with Crippen molar-refractivity contribution in [3.8, 4) is 5.75 Å². The van der Waals surface area contributed by atoms with Gasteiger partial charge in [0, 0.05) is 24.8 Å².